The minimum atomic E-state index is 0.737. The molecule has 2 heteroatoms. The molecule has 0 aromatic heterocycles. The molecule has 19 heavy (non-hydrogen) atoms. The van der Waals surface area contributed by atoms with Crippen molar-refractivity contribution in [3.05, 3.63) is 0 Å². The molecule has 0 aromatic rings. The van der Waals surface area contributed by atoms with Crippen LogP contribution in [-0.4, -0.2) is 36.6 Å². The number of hydrogen-bond donors (Lipinski definition) is 1. The van der Waals surface area contributed by atoms with Crippen molar-refractivity contribution in [1.29, 1.82) is 0 Å². The van der Waals surface area contributed by atoms with Crippen molar-refractivity contribution in [2.24, 2.45) is 11.8 Å². The third-order valence-corrected chi connectivity index (χ3v) is 5.39. The van der Waals surface area contributed by atoms with Crippen LogP contribution in [0.25, 0.3) is 0 Å². The van der Waals surface area contributed by atoms with Gasteiger partial charge in [0.25, 0.3) is 0 Å². The molecule has 112 valence electrons. The predicted octanol–water partition coefficient (Wildman–Crippen LogP) is 3.67. The first-order valence-corrected chi connectivity index (χ1v) is 8.68. The fourth-order valence-electron chi connectivity index (χ4n) is 4.16. The lowest BCUT2D eigenvalue weighted by atomic mass is 9.83. The van der Waals surface area contributed by atoms with Gasteiger partial charge in [-0.1, -0.05) is 33.1 Å². The first kappa shape index (κ1) is 15.3. The van der Waals surface area contributed by atoms with E-state index in [0.717, 1.165) is 30.5 Å². The molecule has 1 N–H and O–H groups in total. The van der Waals surface area contributed by atoms with E-state index in [-0.39, 0.29) is 0 Å². The van der Waals surface area contributed by atoms with Gasteiger partial charge in [-0.2, -0.15) is 0 Å². The highest BCUT2D eigenvalue weighted by molar-refractivity contribution is 4.85. The van der Waals surface area contributed by atoms with E-state index in [1.807, 2.05) is 0 Å². The van der Waals surface area contributed by atoms with Crippen LogP contribution in [0.1, 0.15) is 65.7 Å². The number of hydrogen-bond acceptors (Lipinski definition) is 2. The molecule has 0 aromatic carbocycles. The summed E-state index contributed by atoms with van der Waals surface area (Å²) in [6, 6.07) is 1.52. The molecule has 1 aliphatic heterocycles. The topological polar surface area (TPSA) is 15.3 Å². The SMILES string of the molecule is CCNC(CN1CCC(C)CC1C)C1CCCCC1. The highest BCUT2D eigenvalue weighted by Crippen LogP contribution is 2.29. The summed E-state index contributed by atoms with van der Waals surface area (Å²) in [6.07, 6.45) is 10.1. The Kier molecular flexibility index (Phi) is 6.15. The lowest BCUT2D eigenvalue weighted by Crippen LogP contribution is -2.50. The lowest BCUT2D eigenvalue weighted by Gasteiger charge is -2.41. The minimum absolute atomic E-state index is 0.737. The summed E-state index contributed by atoms with van der Waals surface area (Å²) in [5, 5.41) is 3.79. The molecule has 1 heterocycles. The number of likely N-dealkylation sites (tertiary alicyclic amines) is 1. The van der Waals surface area contributed by atoms with E-state index in [1.165, 1.54) is 58.0 Å². The van der Waals surface area contributed by atoms with Crippen molar-refractivity contribution in [2.75, 3.05) is 19.6 Å². The first-order chi connectivity index (χ1) is 9.20. The molecule has 2 aliphatic rings. The maximum absolute atomic E-state index is 3.79. The van der Waals surface area contributed by atoms with Crippen LogP contribution in [-0.2, 0) is 0 Å². The van der Waals surface area contributed by atoms with E-state index in [0.29, 0.717) is 0 Å². The lowest BCUT2D eigenvalue weighted by molar-refractivity contribution is 0.0988. The third-order valence-electron chi connectivity index (χ3n) is 5.39. The molecule has 0 spiro atoms. The monoisotopic (exact) mass is 266 g/mol. The second kappa shape index (κ2) is 7.64. The number of nitrogens with zero attached hydrogens (tertiary/aromatic N) is 1. The quantitative estimate of drug-likeness (QED) is 0.817. The molecule has 2 nitrogen and oxygen atoms in total. The zero-order chi connectivity index (χ0) is 13.7. The van der Waals surface area contributed by atoms with Crippen molar-refractivity contribution in [2.45, 2.75) is 77.8 Å². The molecule has 0 radical (unpaired) electrons. The number of piperidine rings is 1. The Morgan fingerprint density at radius 2 is 1.84 bits per heavy atom. The molecule has 2 fully saturated rings. The molecule has 0 amide bonds. The number of nitrogens with one attached hydrogen (secondary N) is 1. The smallest absolute Gasteiger partial charge is 0.0223 e. The van der Waals surface area contributed by atoms with Crippen molar-refractivity contribution in [3.8, 4) is 0 Å². The molecule has 0 bridgehead atoms. The van der Waals surface area contributed by atoms with Gasteiger partial charge in [-0.05, 0) is 57.5 Å². The second-order valence-corrected chi connectivity index (χ2v) is 7.04. The van der Waals surface area contributed by atoms with Gasteiger partial charge in [-0.15, -0.1) is 0 Å². The van der Waals surface area contributed by atoms with Crippen LogP contribution in [0.2, 0.25) is 0 Å². The van der Waals surface area contributed by atoms with Gasteiger partial charge < -0.3 is 5.32 Å². The zero-order valence-corrected chi connectivity index (χ0v) is 13.3. The molecule has 1 saturated carbocycles. The molecular formula is C17H34N2. The Bertz CT molecular complexity index is 248. The van der Waals surface area contributed by atoms with Crippen LogP contribution in [0.3, 0.4) is 0 Å². The highest BCUT2D eigenvalue weighted by atomic mass is 15.2. The molecule has 3 atom stereocenters. The summed E-state index contributed by atoms with van der Waals surface area (Å²) in [4.78, 5) is 2.75. The highest BCUT2D eigenvalue weighted by Gasteiger charge is 2.29. The van der Waals surface area contributed by atoms with Gasteiger partial charge in [0.15, 0.2) is 0 Å². The van der Waals surface area contributed by atoms with E-state index in [9.17, 15) is 0 Å². The fourth-order valence-corrected chi connectivity index (χ4v) is 4.16. The summed E-state index contributed by atoms with van der Waals surface area (Å²) in [5.74, 6) is 1.86. The van der Waals surface area contributed by atoms with Gasteiger partial charge in [0.2, 0.25) is 0 Å². The van der Waals surface area contributed by atoms with Crippen LogP contribution in [0.15, 0.2) is 0 Å². The Balaban J connectivity index is 1.88. The molecule has 1 aliphatic carbocycles. The summed E-state index contributed by atoms with van der Waals surface area (Å²) in [5.41, 5.74) is 0. The van der Waals surface area contributed by atoms with Gasteiger partial charge in [0.05, 0.1) is 0 Å². The first-order valence-electron chi connectivity index (χ1n) is 8.68. The average Bonchev–Trinajstić information content (AvgIpc) is 2.42. The Morgan fingerprint density at radius 3 is 2.47 bits per heavy atom. The Morgan fingerprint density at radius 1 is 1.11 bits per heavy atom. The molecular weight excluding hydrogens is 232 g/mol. The maximum atomic E-state index is 3.79. The van der Waals surface area contributed by atoms with E-state index in [2.05, 4.69) is 31.0 Å². The van der Waals surface area contributed by atoms with Gasteiger partial charge >= 0.3 is 0 Å². The van der Waals surface area contributed by atoms with Crippen LogP contribution >= 0.6 is 0 Å². The summed E-state index contributed by atoms with van der Waals surface area (Å²) < 4.78 is 0. The van der Waals surface area contributed by atoms with Gasteiger partial charge in [-0.25, -0.2) is 0 Å². The van der Waals surface area contributed by atoms with E-state index in [1.54, 1.807) is 0 Å². The van der Waals surface area contributed by atoms with Crippen LogP contribution in [0.5, 0.6) is 0 Å². The molecule has 2 rings (SSSR count). The van der Waals surface area contributed by atoms with Gasteiger partial charge in [0.1, 0.15) is 0 Å². The Labute approximate surface area is 120 Å². The Hall–Kier alpha value is -0.0800. The van der Waals surface area contributed by atoms with E-state index >= 15 is 0 Å². The third kappa shape index (κ3) is 4.46. The average molecular weight is 266 g/mol. The normalized spacial score (nSPS) is 32.4. The van der Waals surface area contributed by atoms with Crippen LogP contribution < -0.4 is 5.32 Å². The minimum Gasteiger partial charge on any atom is -0.313 e. The predicted molar refractivity (Wildman–Crippen MR) is 83.5 cm³/mol. The fraction of sp³-hybridized carbons (Fsp3) is 1.00. The summed E-state index contributed by atoms with van der Waals surface area (Å²) in [6.45, 7) is 10.8. The van der Waals surface area contributed by atoms with Crippen LogP contribution in [0.4, 0.5) is 0 Å². The van der Waals surface area contributed by atoms with Crippen LogP contribution in [0, 0.1) is 11.8 Å². The summed E-state index contributed by atoms with van der Waals surface area (Å²) in [7, 11) is 0. The van der Waals surface area contributed by atoms with Crippen molar-refractivity contribution < 1.29 is 0 Å². The standard InChI is InChI=1S/C17H34N2/c1-4-18-17(16-8-6-5-7-9-16)13-19-11-10-14(2)12-15(19)3/h14-18H,4-13H2,1-3H3. The number of likely N-dealkylation sites (N-methyl/N-ethyl adjacent to an activating group) is 1. The number of rotatable bonds is 5. The zero-order valence-electron chi connectivity index (χ0n) is 13.3. The maximum Gasteiger partial charge on any atom is 0.0223 e. The van der Waals surface area contributed by atoms with E-state index < -0.39 is 0 Å². The van der Waals surface area contributed by atoms with Crippen molar-refractivity contribution >= 4 is 0 Å². The van der Waals surface area contributed by atoms with Crippen molar-refractivity contribution in [3.63, 3.8) is 0 Å². The summed E-state index contributed by atoms with van der Waals surface area (Å²) >= 11 is 0. The molecule has 3 unspecified atom stereocenters. The second-order valence-electron chi connectivity index (χ2n) is 7.04. The molecule has 1 saturated heterocycles. The largest absolute Gasteiger partial charge is 0.313 e. The van der Waals surface area contributed by atoms with Crippen molar-refractivity contribution in [1.82, 2.24) is 10.2 Å². The van der Waals surface area contributed by atoms with Gasteiger partial charge in [-0.3, -0.25) is 4.90 Å². The van der Waals surface area contributed by atoms with Gasteiger partial charge in [0, 0.05) is 18.6 Å². The van der Waals surface area contributed by atoms with E-state index in [4.69, 9.17) is 0 Å².